The Hall–Kier alpha value is -1.75. The van der Waals surface area contributed by atoms with Gasteiger partial charge >= 0.3 is 0 Å². The van der Waals surface area contributed by atoms with Gasteiger partial charge in [0.25, 0.3) is 0 Å². The molecule has 0 saturated carbocycles. The van der Waals surface area contributed by atoms with Crippen LogP contribution in [0, 0.1) is 0 Å². The van der Waals surface area contributed by atoms with E-state index in [1.165, 1.54) is 5.69 Å². The summed E-state index contributed by atoms with van der Waals surface area (Å²) in [7, 11) is 0. The molecule has 0 bridgehead atoms. The number of imidazole rings is 1. The van der Waals surface area contributed by atoms with E-state index in [4.69, 9.17) is 0 Å². The SMILES string of the molecule is CC1(c2cncn2Cc2ccncn2)CCNCC1. The maximum absolute atomic E-state index is 4.34. The first-order chi connectivity index (χ1) is 9.28. The molecule has 0 amide bonds. The van der Waals surface area contributed by atoms with Crippen molar-refractivity contribution in [2.24, 2.45) is 0 Å². The Bertz CT molecular complexity index is 528. The van der Waals surface area contributed by atoms with Crippen molar-refractivity contribution in [2.45, 2.75) is 31.7 Å². The third kappa shape index (κ3) is 2.51. The van der Waals surface area contributed by atoms with Gasteiger partial charge in [-0.3, -0.25) is 0 Å². The first kappa shape index (κ1) is 12.3. The van der Waals surface area contributed by atoms with E-state index in [0.717, 1.165) is 38.2 Å². The molecule has 19 heavy (non-hydrogen) atoms. The second-order valence-corrected chi connectivity index (χ2v) is 5.42. The minimum atomic E-state index is 0.217. The molecular weight excluding hydrogens is 238 g/mol. The fourth-order valence-corrected chi connectivity index (χ4v) is 2.77. The third-order valence-corrected chi connectivity index (χ3v) is 4.01. The van der Waals surface area contributed by atoms with Gasteiger partial charge in [-0.25, -0.2) is 15.0 Å². The van der Waals surface area contributed by atoms with Crippen molar-refractivity contribution in [1.29, 1.82) is 0 Å². The van der Waals surface area contributed by atoms with Crippen molar-refractivity contribution >= 4 is 0 Å². The molecule has 0 radical (unpaired) electrons. The minimum absolute atomic E-state index is 0.217. The van der Waals surface area contributed by atoms with Crippen LogP contribution < -0.4 is 5.32 Å². The molecule has 5 heteroatoms. The molecule has 0 aliphatic carbocycles. The summed E-state index contributed by atoms with van der Waals surface area (Å²) in [5.41, 5.74) is 2.55. The van der Waals surface area contributed by atoms with Gasteiger partial charge < -0.3 is 9.88 Å². The van der Waals surface area contributed by atoms with Crippen molar-refractivity contribution in [2.75, 3.05) is 13.1 Å². The number of piperidine rings is 1. The van der Waals surface area contributed by atoms with Crippen LogP contribution in [0.2, 0.25) is 0 Å². The largest absolute Gasteiger partial charge is 0.328 e. The quantitative estimate of drug-likeness (QED) is 0.902. The Balaban J connectivity index is 1.86. The molecule has 1 aliphatic heterocycles. The first-order valence-electron chi connectivity index (χ1n) is 6.74. The highest BCUT2D eigenvalue weighted by Crippen LogP contribution is 2.32. The molecular formula is C14H19N5. The molecule has 2 aromatic heterocycles. The van der Waals surface area contributed by atoms with Gasteiger partial charge in [-0.15, -0.1) is 0 Å². The second-order valence-electron chi connectivity index (χ2n) is 5.42. The van der Waals surface area contributed by atoms with Crippen LogP contribution in [-0.2, 0) is 12.0 Å². The van der Waals surface area contributed by atoms with Gasteiger partial charge in [-0.05, 0) is 32.0 Å². The van der Waals surface area contributed by atoms with Gasteiger partial charge in [-0.1, -0.05) is 6.92 Å². The molecule has 2 aromatic rings. The maximum Gasteiger partial charge on any atom is 0.115 e. The fourth-order valence-electron chi connectivity index (χ4n) is 2.77. The number of aromatic nitrogens is 4. The van der Waals surface area contributed by atoms with E-state index in [-0.39, 0.29) is 5.41 Å². The zero-order valence-corrected chi connectivity index (χ0v) is 11.2. The van der Waals surface area contributed by atoms with Crippen molar-refractivity contribution in [3.63, 3.8) is 0 Å². The van der Waals surface area contributed by atoms with E-state index in [1.807, 2.05) is 18.6 Å². The Labute approximate surface area is 113 Å². The zero-order chi connectivity index (χ0) is 13.1. The highest BCUT2D eigenvalue weighted by molar-refractivity contribution is 5.17. The van der Waals surface area contributed by atoms with Gasteiger partial charge in [0, 0.05) is 23.5 Å². The molecule has 0 atom stereocenters. The maximum atomic E-state index is 4.34. The predicted octanol–water partition coefficient (Wildman–Crippen LogP) is 1.36. The standard InChI is InChI=1S/C14H19N5/c1-14(3-6-15-7-4-14)13-8-17-11-19(13)9-12-2-5-16-10-18-12/h2,5,8,10-11,15H,3-4,6-7,9H2,1H3. The number of rotatable bonds is 3. The molecule has 1 fully saturated rings. The molecule has 0 aromatic carbocycles. The average Bonchev–Trinajstić information content (AvgIpc) is 2.90. The van der Waals surface area contributed by atoms with Gasteiger partial charge in [0.15, 0.2) is 0 Å². The van der Waals surface area contributed by atoms with Crippen LogP contribution in [0.5, 0.6) is 0 Å². The normalized spacial score (nSPS) is 18.4. The molecule has 5 nitrogen and oxygen atoms in total. The average molecular weight is 257 g/mol. The van der Waals surface area contributed by atoms with E-state index < -0.39 is 0 Å². The van der Waals surface area contributed by atoms with E-state index in [0.29, 0.717) is 0 Å². The molecule has 0 spiro atoms. The van der Waals surface area contributed by atoms with Crippen LogP contribution in [0.15, 0.2) is 31.1 Å². The number of nitrogens with zero attached hydrogens (tertiary/aromatic N) is 4. The van der Waals surface area contributed by atoms with E-state index >= 15 is 0 Å². The lowest BCUT2D eigenvalue weighted by atomic mass is 9.78. The molecule has 1 saturated heterocycles. The molecule has 0 unspecified atom stereocenters. The molecule has 100 valence electrons. The predicted molar refractivity (Wildman–Crippen MR) is 72.8 cm³/mol. The van der Waals surface area contributed by atoms with Gasteiger partial charge in [0.1, 0.15) is 6.33 Å². The third-order valence-electron chi connectivity index (χ3n) is 4.01. The summed E-state index contributed by atoms with van der Waals surface area (Å²) in [6.07, 6.45) is 9.60. The van der Waals surface area contributed by atoms with Gasteiger partial charge in [-0.2, -0.15) is 0 Å². The van der Waals surface area contributed by atoms with Crippen molar-refractivity contribution in [3.8, 4) is 0 Å². The number of hydrogen-bond acceptors (Lipinski definition) is 4. The van der Waals surface area contributed by atoms with Crippen LogP contribution >= 0.6 is 0 Å². The van der Waals surface area contributed by atoms with Crippen molar-refractivity contribution < 1.29 is 0 Å². The number of hydrogen-bond donors (Lipinski definition) is 1. The summed E-state index contributed by atoms with van der Waals surface area (Å²) in [6, 6.07) is 1.95. The zero-order valence-electron chi connectivity index (χ0n) is 11.2. The topological polar surface area (TPSA) is 55.6 Å². The lowest BCUT2D eigenvalue weighted by Crippen LogP contribution is -2.39. The van der Waals surface area contributed by atoms with E-state index in [9.17, 15) is 0 Å². The van der Waals surface area contributed by atoms with E-state index in [2.05, 4.69) is 31.8 Å². The summed E-state index contributed by atoms with van der Waals surface area (Å²) in [4.78, 5) is 12.6. The van der Waals surface area contributed by atoms with E-state index in [1.54, 1.807) is 12.5 Å². The molecule has 1 N–H and O–H groups in total. The van der Waals surface area contributed by atoms with Crippen LogP contribution in [0.1, 0.15) is 31.2 Å². The Morgan fingerprint density at radius 3 is 2.89 bits per heavy atom. The highest BCUT2D eigenvalue weighted by Gasteiger charge is 2.31. The summed E-state index contributed by atoms with van der Waals surface area (Å²) >= 11 is 0. The summed E-state index contributed by atoms with van der Waals surface area (Å²) in [5.74, 6) is 0. The Morgan fingerprint density at radius 1 is 1.32 bits per heavy atom. The smallest absolute Gasteiger partial charge is 0.115 e. The van der Waals surface area contributed by atoms with Crippen LogP contribution in [0.25, 0.3) is 0 Å². The number of nitrogens with one attached hydrogen (secondary N) is 1. The fraction of sp³-hybridized carbons (Fsp3) is 0.500. The van der Waals surface area contributed by atoms with Gasteiger partial charge in [0.2, 0.25) is 0 Å². The highest BCUT2D eigenvalue weighted by atomic mass is 15.1. The van der Waals surface area contributed by atoms with Gasteiger partial charge in [0.05, 0.1) is 18.6 Å². The van der Waals surface area contributed by atoms with Crippen LogP contribution in [0.3, 0.4) is 0 Å². The lowest BCUT2D eigenvalue weighted by molar-refractivity contribution is 0.318. The minimum Gasteiger partial charge on any atom is -0.328 e. The molecule has 1 aliphatic rings. The Kier molecular flexibility index (Phi) is 3.29. The summed E-state index contributed by atoms with van der Waals surface area (Å²) in [5, 5.41) is 3.42. The summed E-state index contributed by atoms with van der Waals surface area (Å²) in [6.45, 7) is 5.26. The summed E-state index contributed by atoms with van der Waals surface area (Å²) < 4.78 is 2.22. The lowest BCUT2D eigenvalue weighted by Gasteiger charge is -2.34. The Morgan fingerprint density at radius 2 is 2.16 bits per heavy atom. The molecule has 3 heterocycles. The first-order valence-corrected chi connectivity index (χ1v) is 6.74. The van der Waals surface area contributed by atoms with Crippen molar-refractivity contribution in [1.82, 2.24) is 24.8 Å². The van der Waals surface area contributed by atoms with Crippen LogP contribution in [0.4, 0.5) is 0 Å². The monoisotopic (exact) mass is 257 g/mol. The molecule has 3 rings (SSSR count). The van der Waals surface area contributed by atoms with Crippen molar-refractivity contribution in [3.05, 3.63) is 42.5 Å². The second kappa shape index (κ2) is 5.09. The van der Waals surface area contributed by atoms with Crippen LogP contribution in [-0.4, -0.2) is 32.6 Å².